The quantitative estimate of drug-likeness (QED) is 0.0965. The van der Waals surface area contributed by atoms with Crippen LogP contribution in [0.15, 0.2) is 201 Å². The van der Waals surface area contributed by atoms with Crippen LogP contribution in [0.2, 0.25) is 0 Å². The number of nitrogens with zero attached hydrogens (tertiary/aromatic N) is 2. The van der Waals surface area contributed by atoms with Crippen molar-refractivity contribution < 1.29 is 4.79 Å². The minimum Gasteiger partial charge on any atom is -0.342 e. The molecule has 9 aromatic rings. The van der Waals surface area contributed by atoms with Gasteiger partial charge in [0.25, 0.3) is 0 Å². The van der Waals surface area contributed by atoms with Gasteiger partial charge in [0.05, 0.1) is 5.69 Å². The van der Waals surface area contributed by atoms with E-state index >= 15 is 0 Å². The normalized spacial score (nSPS) is 11.1. The Bertz CT molecular complexity index is 2980. The van der Waals surface area contributed by atoms with Crippen molar-refractivity contribution >= 4 is 50.7 Å². The average Bonchev–Trinajstić information content (AvgIpc) is 3.30. The number of hydrogen-bond donors (Lipinski definition) is 0. The largest absolute Gasteiger partial charge is 0.342 e. The summed E-state index contributed by atoms with van der Waals surface area (Å²) in [4.78, 5) is 17.3. The summed E-state index contributed by atoms with van der Waals surface area (Å²) in [7, 11) is 0. The van der Waals surface area contributed by atoms with Crippen molar-refractivity contribution in [3.05, 3.63) is 217 Å². The molecule has 290 valence electrons. The number of carbonyl (C=O) groups is 1. The number of amides is 1. The zero-order chi connectivity index (χ0) is 41.2. The van der Waals surface area contributed by atoms with Crippen LogP contribution in [0.5, 0.6) is 0 Å². The van der Waals surface area contributed by atoms with Crippen molar-refractivity contribution in [1.82, 2.24) is 0 Å². The van der Waals surface area contributed by atoms with E-state index in [-0.39, 0.29) is 0 Å². The highest BCUT2D eigenvalue weighted by atomic mass is 16.1. The van der Waals surface area contributed by atoms with Gasteiger partial charge in [0.2, 0.25) is 6.41 Å². The number of rotatable bonds is 11. The number of para-hydroxylation sites is 1. The summed E-state index contributed by atoms with van der Waals surface area (Å²) in [6.45, 7) is 11.8. The van der Waals surface area contributed by atoms with Crippen LogP contribution < -0.4 is 9.80 Å². The smallest absolute Gasteiger partial charge is 0.218 e. The maximum Gasteiger partial charge on any atom is 0.218 e. The fourth-order valence-electron chi connectivity index (χ4n) is 8.82. The summed E-state index contributed by atoms with van der Waals surface area (Å²) >= 11 is 0. The SMILES string of the molecule is C=C(c1ccc(-c2c3ccccc3c(-c3ccc(N(C=O)c4cccc(-c5ccccc5)c4)c(-c4ccccc4C)c3)c3ccccc23)cc1)N(CC)c1ccccc1C. The maximum absolute atomic E-state index is 13.2. The van der Waals surface area contributed by atoms with E-state index in [1.54, 1.807) is 4.90 Å². The lowest BCUT2D eigenvalue weighted by molar-refractivity contribution is -0.106. The highest BCUT2D eigenvalue weighted by molar-refractivity contribution is 6.21. The van der Waals surface area contributed by atoms with Gasteiger partial charge in [0, 0.05) is 29.2 Å². The monoisotopic (exact) mass is 774 g/mol. The van der Waals surface area contributed by atoms with Crippen LogP contribution in [0.25, 0.3) is 71.7 Å². The number of carbonyl (C=O) groups excluding carboxylic acids is 1. The topological polar surface area (TPSA) is 23.6 Å². The van der Waals surface area contributed by atoms with Crippen molar-refractivity contribution in [2.75, 3.05) is 16.3 Å². The second-order valence-corrected chi connectivity index (χ2v) is 15.3. The first-order chi connectivity index (χ1) is 29.4. The number of fused-ring (bicyclic) bond motifs is 2. The molecule has 0 bridgehead atoms. The summed E-state index contributed by atoms with van der Waals surface area (Å²) in [5, 5.41) is 4.70. The van der Waals surface area contributed by atoms with Gasteiger partial charge >= 0.3 is 0 Å². The maximum atomic E-state index is 13.2. The molecule has 0 aliphatic heterocycles. The van der Waals surface area contributed by atoms with Gasteiger partial charge in [-0.15, -0.1) is 0 Å². The molecule has 0 fully saturated rings. The van der Waals surface area contributed by atoms with Crippen LogP contribution in [-0.4, -0.2) is 13.0 Å². The molecular weight excluding hydrogens is 729 g/mol. The summed E-state index contributed by atoms with van der Waals surface area (Å²) in [6.07, 6.45) is 0.934. The van der Waals surface area contributed by atoms with Crippen LogP contribution in [-0.2, 0) is 4.79 Å². The Labute approximate surface area is 353 Å². The summed E-state index contributed by atoms with van der Waals surface area (Å²) in [5.74, 6) is 0. The van der Waals surface area contributed by atoms with Crippen molar-refractivity contribution in [3.63, 3.8) is 0 Å². The van der Waals surface area contributed by atoms with Gasteiger partial charge < -0.3 is 4.90 Å². The third-order valence-corrected chi connectivity index (χ3v) is 11.8. The van der Waals surface area contributed by atoms with E-state index in [1.807, 2.05) is 30.3 Å². The first-order valence-corrected chi connectivity index (χ1v) is 20.6. The Morgan fingerprint density at radius 3 is 1.65 bits per heavy atom. The number of anilines is 3. The number of aryl methyl sites for hydroxylation is 2. The Morgan fingerprint density at radius 2 is 1.03 bits per heavy atom. The molecule has 1 amide bonds. The van der Waals surface area contributed by atoms with Crippen molar-refractivity contribution in [2.24, 2.45) is 0 Å². The van der Waals surface area contributed by atoms with E-state index in [1.165, 1.54) is 38.4 Å². The summed E-state index contributed by atoms with van der Waals surface area (Å²) < 4.78 is 0. The van der Waals surface area contributed by atoms with Gasteiger partial charge in [-0.2, -0.15) is 0 Å². The van der Waals surface area contributed by atoms with Crippen LogP contribution in [0.3, 0.4) is 0 Å². The number of hydrogen-bond acceptors (Lipinski definition) is 2. The van der Waals surface area contributed by atoms with Crippen LogP contribution in [0.4, 0.5) is 17.1 Å². The minimum absolute atomic E-state index is 0.807. The van der Waals surface area contributed by atoms with Crippen molar-refractivity contribution in [3.8, 4) is 44.5 Å². The van der Waals surface area contributed by atoms with Gasteiger partial charge in [-0.3, -0.25) is 9.69 Å². The third-order valence-electron chi connectivity index (χ3n) is 11.8. The van der Waals surface area contributed by atoms with Gasteiger partial charge in [-0.25, -0.2) is 0 Å². The zero-order valence-corrected chi connectivity index (χ0v) is 34.3. The average molecular weight is 775 g/mol. The molecule has 9 aromatic carbocycles. The number of benzene rings is 9. The molecule has 0 saturated carbocycles. The second kappa shape index (κ2) is 16.4. The molecule has 0 aromatic heterocycles. The third kappa shape index (κ3) is 6.95. The van der Waals surface area contributed by atoms with Gasteiger partial charge in [0.1, 0.15) is 0 Å². The Morgan fingerprint density at radius 1 is 0.483 bits per heavy atom. The Kier molecular flexibility index (Phi) is 10.4. The van der Waals surface area contributed by atoms with E-state index in [0.717, 1.165) is 80.1 Å². The first kappa shape index (κ1) is 38.1. The van der Waals surface area contributed by atoms with Crippen molar-refractivity contribution in [2.45, 2.75) is 20.8 Å². The molecule has 3 heteroatoms. The lowest BCUT2D eigenvalue weighted by Gasteiger charge is -2.27. The van der Waals surface area contributed by atoms with Crippen LogP contribution >= 0.6 is 0 Å². The van der Waals surface area contributed by atoms with Crippen LogP contribution in [0.1, 0.15) is 23.6 Å². The molecule has 9 rings (SSSR count). The predicted octanol–water partition coefficient (Wildman–Crippen LogP) is 15.1. The molecule has 0 aliphatic rings. The van der Waals surface area contributed by atoms with Gasteiger partial charge in [-0.05, 0) is 128 Å². The lowest BCUT2D eigenvalue weighted by atomic mass is 9.85. The summed E-state index contributed by atoms with van der Waals surface area (Å²) in [5.41, 5.74) is 16.1. The zero-order valence-electron chi connectivity index (χ0n) is 34.3. The molecule has 0 spiro atoms. The second-order valence-electron chi connectivity index (χ2n) is 15.3. The molecule has 0 aliphatic carbocycles. The van der Waals surface area contributed by atoms with Crippen molar-refractivity contribution in [1.29, 1.82) is 0 Å². The fourth-order valence-corrected chi connectivity index (χ4v) is 8.82. The van der Waals surface area contributed by atoms with Gasteiger partial charge in [-0.1, -0.05) is 170 Å². The van der Waals surface area contributed by atoms with E-state index < -0.39 is 0 Å². The molecule has 0 unspecified atom stereocenters. The fraction of sp³-hybridized carbons (Fsp3) is 0.0702. The predicted molar refractivity (Wildman–Crippen MR) is 256 cm³/mol. The molecule has 0 heterocycles. The Hall–Kier alpha value is -7.49. The first-order valence-electron chi connectivity index (χ1n) is 20.6. The highest BCUT2D eigenvalue weighted by Gasteiger charge is 2.21. The van der Waals surface area contributed by atoms with E-state index in [9.17, 15) is 4.79 Å². The standard InChI is InChI=1S/C57H46N2O/c1-5-58(54-29-16-10-19-40(54)3)41(4)42-30-32-44(33-31-42)56-49-25-12-14-27-51(49)57(52-28-15-13-26-50(52)56)46-34-35-55(53(37-46)48-24-11-9-18-39(48)2)59(38-60)47-23-17-22-45(36-47)43-20-7-6-8-21-43/h6-38H,4-5H2,1-3H3. The Balaban J connectivity index is 1.19. The molecule has 0 saturated heterocycles. The highest BCUT2D eigenvalue weighted by Crippen LogP contribution is 2.46. The molecule has 3 nitrogen and oxygen atoms in total. The molecule has 0 radical (unpaired) electrons. The van der Waals surface area contributed by atoms with Crippen LogP contribution in [0, 0.1) is 13.8 Å². The lowest BCUT2D eigenvalue weighted by Crippen LogP contribution is -2.21. The summed E-state index contributed by atoms with van der Waals surface area (Å²) in [6, 6.07) is 68.4. The van der Waals surface area contributed by atoms with Gasteiger partial charge in [0.15, 0.2) is 0 Å². The van der Waals surface area contributed by atoms with E-state index in [4.69, 9.17) is 0 Å². The molecule has 0 N–H and O–H groups in total. The molecular formula is C57H46N2O. The van der Waals surface area contributed by atoms with E-state index in [0.29, 0.717) is 0 Å². The molecule has 60 heavy (non-hydrogen) atoms. The minimum atomic E-state index is 0.807. The molecule has 0 atom stereocenters. The van der Waals surface area contributed by atoms with E-state index in [2.05, 4.69) is 196 Å².